The highest BCUT2D eigenvalue weighted by molar-refractivity contribution is 6.32. The van der Waals surface area contributed by atoms with Crippen LogP contribution in [0.25, 0.3) is 10.9 Å². The highest BCUT2D eigenvalue weighted by atomic mass is 35.5. The minimum absolute atomic E-state index is 0.0576. The first-order chi connectivity index (χ1) is 17.2. The van der Waals surface area contributed by atoms with Crippen LogP contribution in [0.3, 0.4) is 0 Å². The van der Waals surface area contributed by atoms with Crippen molar-refractivity contribution in [3.63, 3.8) is 0 Å². The van der Waals surface area contributed by atoms with E-state index in [2.05, 4.69) is 10.6 Å². The predicted octanol–water partition coefficient (Wildman–Crippen LogP) is 4.04. The third-order valence-electron chi connectivity index (χ3n) is 6.13. The van der Waals surface area contributed by atoms with Gasteiger partial charge in [-0.2, -0.15) is 5.26 Å². The maximum Gasteiger partial charge on any atom is 0.331 e. The van der Waals surface area contributed by atoms with Crippen molar-refractivity contribution < 1.29 is 9.59 Å². The molecule has 10 heteroatoms. The molecule has 0 spiro atoms. The fraction of sp³-hybridized carbons (Fsp3) is 0.346. The number of hydrogen-bond acceptors (Lipinski definition) is 5. The van der Waals surface area contributed by atoms with E-state index in [4.69, 9.17) is 16.9 Å². The highest BCUT2D eigenvalue weighted by Crippen LogP contribution is 2.32. The lowest BCUT2D eigenvalue weighted by atomic mass is 10.0. The number of nitrogens with one attached hydrogen (secondary N) is 2. The molecule has 186 valence electrons. The Bertz CT molecular complexity index is 1510. The van der Waals surface area contributed by atoms with Crippen LogP contribution in [0.2, 0.25) is 5.02 Å². The minimum atomic E-state index is -0.341. The number of hydrogen-bond donors (Lipinski definition) is 2. The Morgan fingerprint density at radius 3 is 2.25 bits per heavy atom. The molecule has 1 aliphatic carbocycles. The number of benzene rings is 2. The molecule has 1 unspecified atom stereocenters. The third kappa shape index (κ3) is 5.34. The van der Waals surface area contributed by atoms with E-state index in [1.807, 2.05) is 13.0 Å². The summed E-state index contributed by atoms with van der Waals surface area (Å²) < 4.78 is 2.89. The van der Waals surface area contributed by atoms with Gasteiger partial charge in [-0.25, -0.2) is 4.79 Å². The molecule has 0 bridgehead atoms. The van der Waals surface area contributed by atoms with Gasteiger partial charge in [-0.05, 0) is 62.1 Å². The second kappa shape index (κ2) is 10.4. The molecular weight excluding hydrogens is 482 g/mol. The Kier molecular flexibility index (Phi) is 7.27. The summed E-state index contributed by atoms with van der Waals surface area (Å²) in [5.41, 5.74) is 1.14. The molecule has 1 heterocycles. The molecule has 9 nitrogen and oxygen atoms in total. The number of aromatic nitrogens is 2. The molecule has 1 fully saturated rings. The van der Waals surface area contributed by atoms with E-state index in [0.717, 1.165) is 12.8 Å². The number of rotatable bonds is 8. The van der Waals surface area contributed by atoms with Crippen molar-refractivity contribution >= 4 is 45.7 Å². The normalized spacial score (nSPS) is 13.7. The number of aryl methyl sites for hydroxylation is 1. The van der Waals surface area contributed by atoms with Crippen molar-refractivity contribution in [3.8, 4) is 6.07 Å². The molecule has 0 aliphatic heterocycles. The fourth-order valence-corrected chi connectivity index (χ4v) is 4.47. The van der Waals surface area contributed by atoms with Crippen LogP contribution in [-0.2, 0) is 16.1 Å². The SMILES string of the molecule is CCn1c(=O)n(C2CC2)c(=O)c2cc(NC(=O)CC(C)CC(=O)Nc3ccc(C#N)c(Cl)c3)ccc21. The predicted molar refractivity (Wildman–Crippen MR) is 138 cm³/mol. The first-order valence-electron chi connectivity index (χ1n) is 11.8. The summed E-state index contributed by atoms with van der Waals surface area (Å²) in [7, 11) is 0. The topological polar surface area (TPSA) is 126 Å². The van der Waals surface area contributed by atoms with Crippen LogP contribution < -0.4 is 21.9 Å². The lowest BCUT2D eigenvalue weighted by Crippen LogP contribution is -2.39. The summed E-state index contributed by atoms with van der Waals surface area (Å²) in [4.78, 5) is 50.8. The van der Waals surface area contributed by atoms with Gasteiger partial charge in [0.25, 0.3) is 5.56 Å². The van der Waals surface area contributed by atoms with E-state index in [1.54, 1.807) is 35.8 Å². The molecule has 2 N–H and O–H groups in total. The van der Waals surface area contributed by atoms with E-state index in [0.29, 0.717) is 34.4 Å². The standard InChI is InChI=1S/C26H26ClN5O4/c1-3-31-22-9-6-17(12-20(22)25(35)32(26(31)36)19-7-8-19)29-23(33)10-15(2)11-24(34)30-18-5-4-16(14-28)21(27)13-18/h4-6,9,12-13,15,19H,3,7-8,10-11H2,1-2H3,(H,29,33)(H,30,34). The number of amides is 2. The number of halogens is 1. The zero-order chi connectivity index (χ0) is 26.0. The Hall–Kier alpha value is -3.90. The van der Waals surface area contributed by atoms with Gasteiger partial charge in [-0.1, -0.05) is 18.5 Å². The number of nitriles is 1. The number of anilines is 2. The van der Waals surface area contributed by atoms with Crippen LogP contribution in [0.1, 0.15) is 51.1 Å². The van der Waals surface area contributed by atoms with Gasteiger partial charge in [0, 0.05) is 36.8 Å². The molecule has 1 aliphatic rings. The van der Waals surface area contributed by atoms with E-state index in [9.17, 15) is 19.2 Å². The summed E-state index contributed by atoms with van der Waals surface area (Å²) in [6.07, 6.45) is 1.83. The Morgan fingerprint density at radius 2 is 1.69 bits per heavy atom. The minimum Gasteiger partial charge on any atom is -0.326 e. The van der Waals surface area contributed by atoms with Crippen LogP contribution >= 0.6 is 11.6 Å². The van der Waals surface area contributed by atoms with Gasteiger partial charge < -0.3 is 10.6 Å². The summed E-state index contributed by atoms with van der Waals surface area (Å²) in [5.74, 6) is -0.820. The van der Waals surface area contributed by atoms with Crippen molar-refractivity contribution in [3.05, 3.63) is 67.8 Å². The lowest BCUT2D eigenvalue weighted by molar-refractivity contribution is -0.118. The molecule has 2 amide bonds. The van der Waals surface area contributed by atoms with Gasteiger partial charge in [0.15, 0.2) is 0 Å². The van der Waals surface area contributed by atoms with Crippen LogP contribution in [0, 0.1) is 17.2 Å². The lowest BCUT2D eigenvalue weighted by Gasteiger charge is -2.14. The van der Waals surface area contributed by atoms with E-state index in [1.165, 1.54) is 16.7 Å². The first-order valence-corrected chi connectivity index (χ1v) is 12.2. The average Bonchev–Trinajstić information content (AvgIpc) is 3.65. The van der Waals surface area contributed by atoms with Crippen molar-refractivity contribution in [2.45, 2.75) is 52.1 Å². The Balaban J connectivity index is 1.41. The maximum absolute atomic E-state index is 13.0. The van der Waals surface area contributed by atoms with Gasteiger partial charge in [0.1, 0.15) is 6.07 Å². The van der Waals surface area contributed by atoms with Crippen LogP contribution in [0.4, 0.5) is 11.4 Å². The van der Waals surface area contributed by atoms with Gasteiger partial charge in [0.2, 0.25) is 11.8 Å². The van der Waals surface area contributed by atoms with E-state index in [-0.39, 0.29) is 52.9 Å². The van der Waals surface area contributed by atoms with Crippen LogP contribution in [-0.4, -0.2) is 20.9 Å². The first kappa shape index (κ1) is 25.2. The molecule has 0 radical (unpaired) electrons. The fourth-order valence-electron chi connectivity index (χ4n) is 4.24. The maximum atomic E-state index is 13.0. The average molecular weight is 508 g/mol. The molecule has 3 aromatic rings. The summed E-state index contributed by atoms with van der Waals surface area (Å²) in [6.45, 7) is 4.08. The van der Waals surface area contributed by atoms with Crippen molar-refractivity contribution in [2.75, 3.05) is 10.6 Å². The Morgan fingerprint density at radius 1 is 1.08 bits per heavy atom. The second-order valence-corrected chi connectivity index (χ2v) is 9.49. The summed E-state index contributed by atoms with van der Waals surface area (Å²) in [6, 6.07) is 11.5. The zero-order valence-corrected chi connectivity index (χ0v) is 20.8. The second-order valence-electron chi connectivity index (χ2n) is 9.08. The molecule has 0 saturated heterocycles. The summed E-state index contributed by atoms with van der Waals surface area (Å²) >= 11 is 6.00. The van der Waals surface area contributed by atoms with E-state index >= 15 is 0 Å². The van der Waals surface area contributed by atoms with Gasteiger partial charge in [0.05, 0.1) is 21.5 Å². The summed E-state index contributed by atoms with van der Waals surface area (Å²) in [5, 5.41) is 15.1. The zero-order valence-electron chi connectivity index (χ0n) is 20.0. The molecular formula is C26H26ClN5O4. The number of carbonyl (C=O) groups excluding carboxylic acids is 2. The molecule has 1 saturated carbocycles. The van der Waals surface area contributed by atoms with Crippen LogP contribution in [0.15, 0.2) is 46.0 Å². The van der Waals surface area contributed by atoms with Crippen molar-refractivity contribution in [2.24, 2.45) is 5.92 Å². The molecule has 1 aromatic heterocycles. The van der Waals surface area contributed by atoms with Crippen molar-refractivity contribution in [1.82, 2.24) is 9.13 Å². The number of nitrogens with zero attached hydrogens (tertiary/aromatic N) is 3. The van der Waals surface area contributed by atoms with Crippen molar-refractivity contribution in [1.29, 1.82) is 5.26 Å². The monoisotopic (exact) mass is 507 g/mol. The molecule has 4 rings (SSSR count). The van der Waals surface area contributed by atoms with Gasteiger partial charge in [-0.3, -0.25) is 23.5 Å². The smallest absolute Gasteiger partial charge is 0.326 e. The quantitative estimate of drug-likeness (QED) is 0.476. The molecule has 36 heavy (non-hydrogen) atoms. The van der Waals surface area contributed by atoms with Crippen LogP contribution in [0.5, 0.6) is 0 Å². The van der Waals surface area contributed by atoms with E-state index < -0.39 is 0 Å². The highest BCUT2D eigenvalue weighted by Gasteiger charge is 2.28. The van der Waals surface area contributed by atoms with Gasteiger partial charge in [-0.15, -0.1) is 0 Å². The van der Waals surface area contributed by atoms with Gasteiger partial charge >= 0.3 is 5.69 Å². The molecule has 1 atom stereocenters. The Labute approximate surface area is 212 Å². The third-order valence-corrected chi connectivity index (χ3v) is 6.44. The number of fused-ring (bicyclic) bond motifs is 1. The largest absolute Gasteiger partial charge is 0.331 e. The number of carbonyl (C=O) groups is 2. The molecule has 2 aromatic carbocycles.